The van der Waals surface area contributed by atoms with E-state index in [-0.39, 0.29) is 17.4 Å². The molecule has 0 spiro atoms. The molecule has 0 unspecified atom stereocenters. The third kappa shape index (κ3) is 5.49. The van der Waals surface area contributed by atoms with E-state index in [0.717, 1.165) is 26.2 Å². The fourth-order valence-electron chi connectivity index (χ4n) is 3.36. The summed E-state index contributed by atoms with van der Waals surface area (Å²) in [5.41, 5.74) is 0.574. The van der Waals surface area contributed by atoms with Crippen molar-refractivity contribution in [2.75, 3.05) is 77.5 Å². The molecule has 2 heterocycles. The van der Waals surface area contributed by atoms with Gasteiger partial charge in [0.05, 0.1) is 31.3 Å². The second-order valence-electron chi connectivity index (χ2n) is 6.93. The Kier molecular flexibility index (Phi) is 7.38. The molecule has 2 N–H and O–H groups in total. The van der Waals surface area contributed by atoms with Crippen molar-refractivity contribution in [2.24, 2.45) is 0 Å². The smallest absolute Gasteiger partial charge is 0.243 e. The van der Waals surface area contributed by atoms with Crippen LogP contribution in [0.4, 0.5) is 5.69 Å². The molecule has 2 aliphatic rings. The molecule has 0 saturated carbocycles. The van der Waals surface area contributed by atoms with Gasteiger partial charge in [-0.1, -0.05) is 0 Å². The van der Waals surface area contributed by atoms with Crippen LogP contribution in [0.15, 0.2) is 29.2 Å². The lowest BCUT2D eigenvalue weighted by Crippen LogP contribution is -2.49. The van der Waals surface area contributed by atoms with Gasteiger partial charge in [0.25, 0.3) is 0 Å². The molecule has 1 aromatic rings. The topological polar surface area (TPSA) is 102 Å². The summed E-state index contributed by atoms with van der Waals surface area (Å²) in [4.78, 5) is 16.7. The minimum atomic E-state index is -3.53. The van der Waals surface area contributed by atoms with E-state index >= 15 is 0 Å². The molecule has 2 fully saturated rings. The largest absolute Gasteiger partial charge is 0.395 e. The van der Waals surface area contributed by atoms with Gasteiger partial charge in [0.15, 0.2) is 0 Å². The Hall–Kier alpha value is -1.56. The number of nitrogens with zero attached hydrogens (tertiary/aromatic N) is 3. The summed E-state index contributed by atoms with van der Waals surface area (Å²) in [6, 6.07) is 6.27. The summed E-state index contributed by atoms with van der Waals surface area (Å²) in [7, 11) is -3.53. The minimum absolute atomic E-state index is 0.126. The minimum Gasteiger partial charge on any atom is -0.395 e. The predicted octanol–water partition coefficient (Wildman–Crippen LogP) is -0.744. The fraction of sp³-hybridized carbons (Fsp3) is 0.611. The lowest BCUT2D eigenvalue weighted by molar-refractivity contribution is -0.117. The molecule has 9 nitrogen and oxygen atoms in total. The van der Waals surface area contributed by atoms with Crippen LogP contribution in [0.3, 0.4) is 0 Å². The average Bonchev–Trinajstić information content (AvgIpc) is 2.71. The van der Waals surface area contributed by atoms with Crippen molar-refractivity contribution in [1.82, 2.24) is 14.1 Å². The summed E-state index contributed by atoms with van der Waals surface area (Å²) in [6.07, 6.45) is 0. The number of rotatable bonds is 7. The highest BCUT2D eigenvalue weighted by Crippen LogP contribution is 2.19. The number of ether oxygens (including phenoxy) is 1. The van der Waals surface area contributed by atoms with Gasteiger partial charge in [-0.05, 0) is 24.3 Å². The van der Waals surface area contributed by atoms with Crippen molar-refractivity contribution in [3.05, 3.63) is 24.3 Å². The number of hydrogen-bond acceptors (Lipinski definition) is 7. The Morgan fingerprint density at radius 3 is 2.21 bits per heavy atom. The molecule has 0 aromatic heterocycles. The Morgan fingerprint density at radius 2 is 1.61 bits per heavy atom. The van der Waals surface area contributed by atoms with Crippen LogP contribution >= 0.6 is 0 Å². The highest BCUT2D eigenvalue weighted by Gasteiger charge is 2.26. The fourth-order valence-corrected chi connectivity index (χ4v) is 4.77. The van der Waals surface area contributed by atoms with Gasteiger partial charge in [-0.2, -0.15) is 4.31 Å². The second kappa shape index (κ2) is 9.77. The zero-order valence-electron chi connectivity index (χ0n) is 15.9. The normalized spacial score (nSPS) is 20.2. The quantitative estimate of drug-likeness (QED) is 0.608. The molecule has 0 aliphatic carbocycles. The molecular weight excluding hydrogens is 384 g/mol. The molecule has 0 radical (unpaired) electrons. The first-order valence-electron chi connectivity index (χ1n) is 9.52. The maximum Gasteiger partial charge on any atom is 0.243 e. The summed E-state index contributed by atoms with van der Waals surface area (Å²) in [6.45, 7) is 5.86. The van der Waals surface area contributed by atoms with E-state index in [1.165, 1.54) is 16.4 Å². The predicted molar refractivity (Wildman–Crippen MR) is 105 cm³/mol. The number of morpholine rings is 1. The molecule has 1 aromatic carbocycles. The van der Waals surface area contributed by atoms with Gasteiger partial charge in [-0.15, -0.1) is 0 Å². The maximum atomic E-state index is 12.6. The van der Waals surface area contributed by atoms with Gasteiger partial charge in [0.1, 0.15) is 0 Å². The van der Waals surface area contributed by atoms with Gasteiger partial charge in [0, 0.05) is 51.5 Å². The van der Waals surface area contributed by atoms with E-state index < -0.39 is 10.0 Å². The lowest BCUT2D eigenvalue weighted by atomic mass is 10.3. The van der Waals surface area contributed by atoms with Gasteiger partial charge in [0.2, 0.25) is 15.9 Å². The Morgan fingerprint density at radius 1 is 1.00 bits per heavy atom. The first-order valence-corrected chi connectivity index (χ1v) is 11.0. The van der Waals surface area contributed by atoms with Crippen LogP contribution in [0, 0.1) is 0 Å². The van der Waals surface area contributed by atoms with Crippen LogP contribution in [0.5, 0.6) is 0 Å². The number of aliphatic hydroxyl groups is 1. The SMILES string of the molecule is O=C(CN1CCN(CCO)CC1)Nc1ccc(S(=O)(=O)N2CCOCC2)cc1. The number of sulfonamides is 1. The van der Waals surface area contributed by atoms with Crippen LogP contribution in [-0.4, -0.2) is 106 Å². The second-order valence-corrected chi connectivity index (χ2v) is 8.87. The highest BCUT2D eigenvalue weighted by atomic mass is 32.2. The zero-order valence-corrected chi connectivity index (χ0v) is 16.7. The van der Waals surface area contributed by atoms with E-state index in [9.17, 15) is 13.2 Å². The number of carbonyl (C=O) groups is 1. The van der Waals surface area contributed by atoms with Gasteiger partial charge >= 0.3 is 0 Å². The summed E-state index contributed by atoms with van der Waals surface area (Å²) >= 11 is 0. The molecule has 28 heavy (non-hydrogen) atoms. The molecule has 2 saturated heterocycles. The van der Waals surface area contributed by atoms with Gasteiger partial charge in [-0.3, -0.25) is 14.6 Å². The third-order valence-electron chi connectivity index (χ3n) is 4.99. The van der Waals surface area contributed by atoms with Crippen molar-refractivity contribution in [2.45, 2.75) is 4.90 Å². The van der Waals surface area contributed by atoms with E-state index in [0.29, 0.717) is 45.1 Å². The van der Waals surface area contributed by atoms with Crippen LogP contribution in [0.1, 0.15) is 0 Å². The number of hydrogen-bond donors (Lipinski definition) is 2. The molecule has 10 heteroatoms. The van der Waals surface area contributed by atoms with Crippen LogP contribution < -0.4 is 5.32 Å². The average molecular weight is 413 g/mol. The summed E-state index contributed by atoms with van der Waals surface area (Å²) < 4.78 is 31.8. The van der Waals surface area contributed by atoms with Crippen molar-refractivity contribution in [3.63, 3.8) is 0 Å². The first-order chi connectivity index (χ1) is 13.5. The monoisotopic (exact) mass is 412 g/mol. The first kappa shape index (κ1) is 21.2. The molecule has 156 valence electrons. The molecule has 3 rings (SSSR count). The summed E-state index contributed by atoms with van der Waals surface area (Å²) in [5, 5.41) is 11.8. The molecule has 0 atom stereocenters. The number of nitrogens with one attached hydrogen (secondary N) is 1. The van der Waals surface area contributed by atoms with E-state index in [4.69, 9.17) is 9.84 Å². The Bertz CT molecular complexity index is 742. The van der Waals surface area contributed by atoms with Gasteiger partial charge in [-0.25, -0.2) is 8.42 Å². The van der Waals surface area contributed by atoms with E-state index in [2.05, 4.69) is 15.1 Å². The lowest BCUT2D eigenvalue weighted by Gasteiger charge is -2.33. The number of piperazine rings is 1. The number of carbonyl (C=O) groups excluding carboxylic acids is 1. The molecular formula is C18H28N4O5S. The molecule has 2 aliphatic heterocycles. The number of anilines is 1. The standard InChI is InChI=1S/C18H28N4O5S/c23-12-9-20-5-7-21(8-6-20)15-18(24)19-16-1-3-17(4-2-16)28(25,26)22-10-13-27-14-11-22/h1-4,23H,5-15H2,(H,19,24). The van der Waals surface area contributed by atoms with Gasteiger partial charge < -0.3 is 15.2 Å². The van der Waals surface area contributed by atoms with Crippen LogP contribution in [-0.2, 0) is 19.6 Å². The van der Waals surface area contributed by atoms with Crippen molar-refractivity contribution < 1.29 is 23.1 Å². The van der Waals surface area contributed by atoms with E-state index in [1.807, 2.05) is 0 Å². The Labute approximate surface area is 165 Å². The zero-order chi connectivity index (χ0) is 20.0. The summed E-state index contributed by atoms with van der Waals surface area (Å²) in [5.74, 6) is -0.126. The molecule has 1 amide bonds. The molecule has 0 bridgehead atoms. The van der Waals surface area contributed by atoms with E-state index in [1.54, 1.807) is 12.1 Å². The van der Waals surface area contributed by atoms with Crippen molar-refractivity contribution in [3.8, 4) is 0 Å². The number of benzene rings is 1. The Balaban J connectivity index is 1.50. The third-order valence-corrected chi connectivity index (χ3v) is 6.91. The van der Waals surface area contributed by atoms with Crippen molar-refractivity contribution >= 4 is 21.6 Å². The number of β-amino-alcohol motifs (C(OH)–C–C–N with tert-alkyl or cyclic N) is 1. The maximum absolute atomic E-state index is 12.6. The van der Waals surface area contributed by atoms with Crippen LogP contribution in [0.25, 0.3) is 0 Å². The number of aliphatic hydroxyl groups excluding tert-OH is 1. The van der Waals surface area contributed by atoms with Crippen LogP contribution in [0.2, 0.25) is 0 Å². The highest BCUT2D eigenvalue weighted by molar-refractivity contribution is 7.89. The van der Waals surface area contributed by atoms with Crippen molar-refractivity contribution in [1.29, 1.82) is 0 Å². The number of amides is 1.